The fraction of sp³-hybridized carbons (Fsp3) is 0.478. The van der Waals surface area contributed by atoms with E-state index in [0.717, 1.165) is 55.9 Å². The summed E-state index contributed by atoms with van der Waals surface area (Å²) in [6.45, 7) is 1.59. The van der Waals surface area contributed by atoms with E-state index in [0.29, 0.717) is 17.8 Å². The Labute approximate surface area is 193 Å². The number of ether oxygens (including phenoxy) is 1. The summed E-state index contributed by atoms with van der Waals surface area (Å²) < 4.78 is 5.65. The van der Waals surface area contributed by atoms with Gasteiger partial charge in [-0.2, -0.15) is 4.98 Å². The maximum Gasteiger partial charge on any atom is 0.254 e. The second-order valence-electron chi connectivity index (χ2n) is 8.74. The molecule has 176 valence electrons. The average molecular weight is 454 g/mol. The molecule has 1 saturated carbocycles. The number of nitrogens with one attached hydrogen (secondary N) is 2. The Hall–Kier alpha value is -3.56. The minimum absolute atomic E-state index is 0.0714. The first kappa shape index (κ1) is 22.6. The third kappa shape index (κ3) is 5.27. The molecule has 4 rings (SSSR count). The van der Waals surface area contributed by atoms with Crippen LogP contribution in [0.4, 0.5) is 23.1 Å². The second-order valence-corrected chi connectivity index (χ2v) is 8.74. The summed E-state index contributed by atoms with van der Waals surface area (Å²) in [4.78, 5) is 36.6. The largest absolute Gasteiger partial charge is 0.495 e. The molecule has 1 saturated heterocycles. The van der Waals surface area contributed by atoms with Crippen molar-refractivity contribution in [2.45, 2.75) is 31.7 Å². The van der Waals surface area contributed by atoms with Gasteiger partial charge in [-0.1, -0.05) is 0 Å². The SMILES string of the molecule is COc1cc(Nc2ncc(C(N)=O)c(NC3CC3)n2)ccc1N1CCC(C(=O)N(C)C)CC1. The van der Waals surface area contributed by atoms with Crippen molar-refractivity contribution in [3.8, 4) is 5.75 Å². The molecule has 0 unspecified atom stereocenters. The van der Waals surface area contributed by atoms with Gasteiger partial charge in [0.25, 0.3) is 5.91 Å². The van der Waals surface area contributed by atoms with Gasteiger partial charge in [-0.25, -0.2) is 4.98 Å². The number of amides is 2. The first-order chi connectivity index (χ1) is 15.9. The number of aromatic nitrogens is 2. The van der Waals surface area contributed by atoms with Crippen LogP contribution in [0.1, 0.15) is 36.0 Å². The summed E-state index contributed by atoms with van der Waals surface area (Å²) in [6.07, 6.45) is 5.16. The lowest BCUT2D eigenvalue weighted by Gasteiger charge is -2.34. The number of rotatable bonds is 8. The highest BCUT2D eigenvalue weighted by Gasteiger charge is 2.27. The quantitative estimate of drug-likeness (QED) is 0.555. The van der Waals surface area contributed by atoms with Gasteiger partial charge in [0.05, 0.1) is 18.4 Å². The molecule has 2 heterocycles. The highest BCUT2D eigenvalue weighted by atomic mass is 16.5. The lowest BCUT2D eigenvalue weighted by Crippen LogP contribution is -2.40. The smallest absolute Gasteiger partial charge is 0.254 e. The van der Waals surface area contributed by atoms with Crippen molar-refractivity contribution in [1.82, 2.24) is 14.9 Å². The molecule has 0 atom stereocenters. The Morgan fingerprint density at radius 3 is 2.52 bits per heavy atom. The van der Waals surface area contributed by atoms with Crippen LogP contribution in [0.2, 0.25) is 0 Å². The number of carbonyl (C=O) groups is 2. The highest BCUT2D eigenvalue weighted by Crippen LogP contribution is 2.35. The summed E-state index contributed by atoms with van der Waals surface area (Å²) >= 11 is 0. The number of primary amides is 1. The van der Waals surface area contributed by atoms with Crippen LogP contribution in [0.25, 0.3) is 0 Å². The Bertz CT molecular complexity index is 1030. The third-order valence-corrected chi connectivity index (χ3v) is 6.03. The number of benzene rings is 1. The topological polar surface area (TPSA) is 126 Å². The molecule has 2 aromatic rings. The van der Waals surface area contributed by atoms with E-state index in [9.17, 15) is 9.59 Å². The van der Waals surface area contributed by atoms with Gasteiger partial charge in [-0.05, 0) is 37.8 Å². The summed E-state index contributed by atoms with van der Waals surface area (Å²) in [5.74, 6) is 1.23. The van der Waals surface area contributed by atoms with Crippen molar-refractivity contribution in [3.63, 3.8) is 0 Å². The first-order valence-corrected chi connectivity index (χ1v) is 11.2. The van der Waals surface area contributed by atoms with Crippen molar-refractivity contribution in [2.24, 2.45) is 11.7 Å². The molecule has 10 heteroatoms. The number of hydrogen-bond acceptors (Lipinski definition) is 8. The van der Waals surface area contributed by atoms with E-state index in [2.05, 4.69) is 25.5 Å². The zero-order valence-corrected chi connectivity index (χ0v) is 19.3. The van der Waals surface area contributed by atoms with Crippen LogP contribution in [0.3, 0.4) is 0 Å². The van der Waals surface area contributed by atoms with Crippen LogP contribution >= 0.6 is 0 Å². The van der Waals surface area contributed by atoms with Crippen LogP contribution in [-0.2, 0) is 4.79 Å². The molecule has 4 N–H and O–H groups in total. The van der Waals surface area contributed by atoms with Crippen LogP contribution in [0.15, 0.2) is 24.4 Å². The molecule has 1 aromatic heterocycles. The number of methoxy groups -OCH3 is 1. The van der Waals surface area contributed by atoms with Crippen molar-refractivity contribution in [1.29, 1.82) is 0 Å². The van der Waals surface area contributed by atoms with Gasteiger partial charge >= 0.3 is 0 Å². The van der Waals surface area contributed by atoms with Gasteiger partial charge < -0.3 is 30.9 Å². The molecule has 2 amide bonds. The number of anilines is 4. The molecule has 2 aliphatic rings. The minimum atomic E-state index is -0.563. The molecular formula is C23H31N7O3. The standard InChI is InChI=1S/C23H31N7O3/c1-29(2)22(32)14-8-10-30(11-9-14)18-7-6-16(12-19(18)33-3)27-23-25-13-17(20(24)31)21(28-23)26-15-4-5-15/h6-7,12-15H,4-5,8-11H2,1-3H3,(H2,24,31)(H2,25,26,27,28). The van der Waals surface area contributed by atoms with Gasteiger partial charge in [-0.3, -0.25) is 9.59 Å². The van der Waals surface area contributed by atoms with Gasteiger partial charge in [-0.15, -0.1) is 0 Å². The molecule has 0 bridgehead atoms. The summed E-state index contributed by atoms with van der Waals surface area (Å²) in [6, 6.07) is 6.15. The molecule has 1 aliphatic carbocycles. The van der Waals surface area contributed by atoms with Gasteiger partial charge in [0.1, 0.15) is 11.6 Å². The molecule has 1 aliphatic heterocycles. The number of hydrogen-bond donors (Lipinski definition) is 3. The van der Waals surface area contributed by atoms with E-state index in [4.69, 9.17) is 10.5 Å². The third-order valence-electron chi connectivity index (χ3n) is 6.03. The van der Waals surface area contributed by atoms with E-state index in [1.807, 2.05) is 18.2 Å². The molecule has 33 heavy (non-hydrogen) atoms. The Morgan fingerprint density at radius 2 is 1.91 bits per heavy atom. The Kier molecular flexibility index (Phi) is 6.52. The lowest BCUT2D eigenvalue weighted by atomic mass is 9.95. The van der Waals surface area contributed by atoms with E-state index >= 15 is 0 Å². The van der Waals surface area contributed by atoms with Gasteiger partial charge in [0.2, 0.25) is 11.9 Å². The molecule has 2 fully saturated rings. The number of nitrogens with two attached hydrogens (primary N) is 1. The van der Waals surface area contributed by atoms with E-state index in [1.54, 1.807) is 26.1 Å². The van der Waals surface area contributed by atoms with E-state index < -0.39 is 5.91 Å². The fourth-order valence-electron chi connectivity index (χ4n) is 4.03. The van der Waals surface area contributed by atoms with Crippen molar-refractivity contribution >= 4 is 35.0 Å². The van der Waals surface area contributed by atoms with Crippen LogP contribution < -0.4 is 26.0 Å². The zero-order chi connectivity index (χ0) is 23.5. The van der Waals surface area contributed by atoms with E-state index in [1.165, 1.54) is 6.20 Å². The molecular weight excluding hydrogens is 422 g/mol. The normalized spacial score (nSPS) is 16.3. The minimum Gasteiger partial charge on any atom is -0.495 e. The van der Waals surface area contributed by atoms with Crippen molar-refractivity contribution in [2.75, 3.05) is 49.8 Å². The average Bonchev–Trinajstić information content (AvgIpc) is 3.62. The van der Waals surface area contributed by atoms with Crippen molar-refractivity contribution in [3.05, 3.63) is 30.0 Å². The predicted octanol–water partition coefficient (Wildman–Crippen LogP) is 2.21. The van der Waals surface area contributed by atoms with E-state index in [-0.39, 0.29) is 17.4 Å². The predicted molar refractivity (Wildman–Crippen MR) is 127 cm³/mol. The first-order valence-electron chi connectivity index (χ1n) is 11.2. The van der Waals surface area contributed by atoms with Crippen LogP contribution in [0.5, 0.6) is 5.75 Å². The Morgan fingerprint density at radius 1 is 1.18 bits per heavy atom. The monoisotopic (exact) mass is 453 g/mol. The lowest BCUT2D eigenvalue weighted by molar-refractivity contribution is -0.133. The fourth-order valence-corrected chi connectivity index (χ4v) is 4.03. The summed E-state index contributed by atoms with van der Waals surface area (Å²) in [5, 5.41) is 6.42. The van der Waals surface area contributed by atoms with Crippen LogP contribution in [0, 0.1) is 5.92 Å². The van der Waals surface area contributed by atoms with Crippen molar-refractivity contribution < 1.29 is 14.3 Å². The molecule has 10 nitrogen and oxygen atoms in total. The highest BCUT2D eigenvalue weighted by molar-refractivity contribution is 5.97. The number of nitrogens with zero attached hydrogens (tertiary/aromatic N) is 4. The maximum absolute atomic E-state index is 12.3. The maximum atomic E-state index is 12.3. The van der Waals surface area contributed by atoms with Gasteiger partial charge in [0.15, 0.2) is 0 Å². The molecule has 1 aromatic carbocycles. The molecule has 0 radical (unpaired) electrons. The molecule has 0 spiro atoms. The summed E-state index contributed by atoms with van der Waals surface area (Å²) in [7, 11) is 5.25. The second kappa shape index (κ2) is 9.51. The van der Waals surface area contributed by atoms with Gasteiger partial charge in [0, 0.05) is 57.1 Å². The van der Waals surface area contributed by atoms with Crippen LogP contribution in [-0.4, -0.2) is 67.0 Å². The summed E-state index contributed by atoms with van der Waals surface area (Å²) in [5.41, 5.74) is 7.48. The zero-order valence-electron chi connectivity index (χ0n) is 19.3. The number of carbonyl (C=O) groups excluding carboxylic acids is 2. The Balaban J connectivity index is 1.47. The number of piperidine rings is 1.